The van der Waals surface area contributed by atoms with Gasteiger partial charge in [-0.15, -0.1) is 0 Å². The number of nitrogens with zero attached hydrogens (tertiary/aromatic N) is 2. The first-order valence-electron chi connectivity index (χ1n) is 9.24. The number of aromatic nitrogens is 3. The van der Waals surface area contributed by atoms with Crippen molar-refractivity contribution in [2.24, 2.45) is 0 Å². The number of ether oxygens (including phenoxy) is 1. The van der Waals surface area contributed by atoms with Crippen molar-refractivity contribution in [1.29, 1.82) is 0 Å². The first-order chi connectivity index (χ1) is 14.0. The van der Waals surface area contributed by atoms with E-state index in [1.807, 2.05) is 56.3 Å². The standard InChI is InChI=1S/C22H22N4O3/c1-14-7-8-16(13-28-3)9-19(14)25-21-23-11-20(29-21)17-5-4-6-18(10-17)26-12-15(2)24-22(26)27/h4-12H,13H2,1-3H3,(H,23,25)(H,24,27). The van der Waals surface area contributed by atoms with E-state index >= 15 is 0 Å². The number of methoxy groups -OCH3 is 1. The molecule has 0 atom stereocenters. The molecule has 0 spiro atoms. The summed E-state index contributed by atoms with van der Waals surface area (Å²) in [6, 6.07) is 14.0. The molecule has 29 heavy (non-hydrogen) atoms. The largest absolute Gasteiger partial charge is 0.423 e. The second-order valence-corrected chi connectivity index (χ2v) is 6.90. The van der Waals surface area contributed by atoms with E-state index in [0.29, 0.717) is 18.4 Å². The molecule has 0 amide bonds. The number of imidazole rings is 1. The van der Waals surface area contributed by atoms with Gasteiger partial charge in [0.15, 0.2) is 5.76 Å². The van der Waals surface area contributed by atoms with Gasteiger partial charge in [-0.3, -0.25) is 4.57 Å². The fourth-order valence-corrected chi connectivity index (χ4v) is 3.16. The van der Waals surface area contributed by atoms with Crippen molar-refractivity contribution in [3.05, 3.63) is 82.2 Å². The second kappa shape index (κ2) is 7.81. The molecule has 4 rings (SSSR count). The molecule has 2 heterocycles. The quantitative estimate of drug-likeness (QED) is 0.512. The van der Waals surface area contributed by atoms with Crippen LogP contribution in [-0.2, 0) is 11.3 Å². The number of rotatable bonds is 6. The van der Waals surface area contributed by atoms with Crippen LogP contribution in [0.1, 0.15) is 16.8 Å². The number of anilines is 2. The summed E-state index contributed by atoms with van der Waals surface area (Å²) in [7, 11) is 1.67. The molecule has 0 radical (unpaired) electrons. The van der Waals surface area contributed by atoms with Crippen LogP contribution in [0.25, 0.3) is 17.0 Å². The molecule has 2 N–H and O–H groups in total. The summed E-state index contributed by atoms with van der Waals surface area (Å²) in [6.45, 7) is 4.40. The van der Waals surface area contributed by atoms with Crippen LogP contribution in [0.2, 0.25) is 0 Å². The van der Waals surface area contributed by atoms with Crippen LogP contribution in [-0.4, -0.2) is 21.6 Å². The molecular formula is C22H22N4O3. The lowest BCUT2D eigenvalue weighted by atomic mass is 10.1. The minimum absolute atomic E-state index is 0.175. The van der Waals surface area contributed by atoms with Crippen molar-refractivity contribution in [3.63, 3.8) is 0 Å². The third-order valence-electron chi connectivity index (χ3n) is 4.61. The highest BCUT2D eigenvalue weighted by molar-refractivity contribution is 5.63. The maximum absolute atomic E-state index is 12.1. The third kappa shape index (κ3) is 4.00. The average molecular weight is 390 g/mol. The Morgan fingerprint density at radius 3 is 2.83 bits per heavy atom. The van der Waals surface area contributed by atoms with Crippen molar-refractivity contribution in [2.45, 2.75) is 20.5 Å². The van der Waals surface area contributed by atoms with E-state index in [-0.39, 0.29) is 5.69 Å². The molecule has 0 aliphatic rings. The summed E-state index contributed by atoms with van der Waals surface area (Å²) in [5, 5.41) is 3.23. The van der Waals surface area contributed by atoms with Crippen LogP contribution in [0.3, 0.4) is 0 Å². The second-order valence-electron chi connectivity index (χ2n) is 6.90. The Morgan fingerprint density at radius 1 is 1.21 bits per heavy atom. The van der Waals surface area contributed by atoms with Gasteiger partial charge in [0.1, 0.15) is 0 Å². The van der Waals surface area contributed by atoms with Gasteiger partial charge in [0.05, 0.1) is 18.5 Å². The minimum Gasteiger partial charge on any atom is -0.423 e. The van der Waals surface area contributed by atoms with Crippen molar-refractivity contribution in [2.75, 3.05) is 12.4 Å². The summed E-state index contributed by atoms with van der Waals surface area (Å²) < 4.78 is 12.7. The van der Waals surface area contributed by atoms with Crippen molar-refractivity contribution >= 4 is 11.7 Å². The Balaban J connectivity index is 1.60. The lowest BCUT2D eigenvalue weighted by molar-refractivity contribution is 0.185. The number of oxazole rings is 1. The average Bonchev–Trinajstić information content (AvgIpc) is 3.31. The number of aromatic amines is 1. The van der Waals surface area contributed by atoms with E-state index < -0.39 is 0 Å². The Bertz CT molecular complexity index is 1200. The van der Waals surface area contributed by atoms with Crippen LogP contribution in [0, 0.1) is 13.8 Å². The minimum atomic E-state index is -0.175. The molecule has 4 aromatic rings. The molecule has 2 aromatic heterocycles. The lowest BCUT2D eigenvalue weighted by Gasteiger charge is -2.08. The number of nitrogens with one attached hydrogen (secondary N) is 2. The van der Waals surface area contributed by atoms with Gasteiger partial charge >= 0.3 is 5.69 Å². The molecular weight excluding hydrogens is 368 g/mol. The normalized spacial score (nSPS) is 11.0. The Morgan fingerprint density at radius 2 is 2.07 bits per heavy atom. The summed E-state index contributed by atoms with van der Waals surface area (Å²) >= 11 is 0. The maximum Gasteiger partial charge on any atom is 0.330 e. The predicted octanol–water partition coefficient (Wildman–Crippen LogP) is 4.33. The molecule has 148 valence electrons. The smallest absolute Gasteiger partial charge is 0.330 e. The van der Waals surface area contributed by atoms with Gasteiger partial charge in [0.2, 0.25) is 0 Å². The molecule has 0 aliphatic carbocycles. The first kappa shape index (κ1) is 18.8. The van der Waals surface area contributed by atoms with Gasteiger partial charge < -0.3 is 19.5 Å². The van der Waals surface area contributed by atoms with Gasteiger partial charge in [-0.25, -0.2) is 9.78 Å². The zero-order chi connectivity index (χ0) is 20.4. The molecule has 0 fully saturated rings. The highest BCUT2D eigenvalue weighted by atomic mass is 16.5. The van der Waals surface area contributed by atoms with E-state index in [9.17, 15) is 4.79 Å². The summed E-state index contributed by atoms with van der Waals surface area (Å²) in [5.74, 6) is 0.611. The SMILES string of the molecule is COCc1ccc(C)c(Nc2ncc(-c3cccc(-n4cc(C)[nH]c4=O)c3)o2)c1. The number of aryl methyl sites for hydroxylation is 2. The molecule has 7 heteroatoms. The van der Waals surface area contributed by atoms with E-state index in [1.54, 1.807) is 24.1 Å². The fourth-order valence-electron chi connectivity index (χ4n) is 3.16. The number of H-pyrrole nitrogens is 1. The van der Waals surface area contributed by atoms with Crippen LogP contribution in [0.15, 0.2) is 64.1 Å². The first-order valence-corrected chi connectivity index (χ1v) is 9.24. The van der Waals surface area contributed by atoms with Gasteiger partial charge in [0, 0.05) is 30.3 Å². The van der Waals surface area contributed by atoms with Crippen molar-refractivity contribution in [1.82, 2.24) is 14.5 Å². The predicted molar refractivity (Wildman–Crippen MR) is 112 cm³/mol. The van der Waals surface area contributed by atoms with Crippen LogP contribution in [0.4, 0.5) is 11.7 Å². The number of hydrogen-bond acceptors (Lipinski definition) is 5. The number of hydrogen-bond donors (Lipinski definition) is 2. The third-order valence-corrected chi connectivity index (χ3v) is 4.61. The zero-order valence-corrected chi connectivity index (χ0v) is 16.5. The highest BCUT2D eigenvalue weighted by Gasteiger charge is 2.10. The van der Waals surface area contributed by atoms with E-state index in [0.717, 1.165) is 33.8 Å². The summed E-state index contributed by atoms with van der Waals surface area (Å²) in [6.07, 6.45) is 3.44. The van der Waals surface area contributed by atoms with Gasteiger partial charge in [-0.05, 0) is 43.2 Å². The Kier molecular flexibility index (Phi) is 5.05. The lowest BCUT2D eigenvalue weighted by Crippen LogP contribution is -2.13. The van der Waals surface area contributed by atoms with Gasteiger partial charge in [-0.2, -0.15) is 0 Å². The Labute approximate surface area is 168 Å². The Hall–Kier alpha value is -3.58. The van der Waals surface area contributed by atoms with Gasteiger partial charge in [-0.1, -0.05) is 24.3 Å². The monoisotopic (exact) mass is 390 g/mol. The molecule has 0 saturated heterocycles. The molecule has 0 saturated carbocycles. The van der Waals surface area contributed by atoms with Crippen LogP contribution in [0.5, 0.6) is 0 Å². The van der Waals surface area contributed by atoms with Crippen molar-refractivity contribution < 1.29 is 9.15 Å². The maximum atomic E-state index is 12.1. The van der Waals surface area contributed by atoms with Crippen LogP contribution < -0.4 is 11.0 Å². The fraction of sp³-hybridized carbons (Fsp3) is 0.182. The topological polar surface area (TPSA) is 85.1 Å². The molecule has 0 unspecified atom stereocenters. The zero-order valence-electron chi connectivity index (χ0n) is 16.5. The van der Waals surface area contributed by atoms with Crippen molar-refractivity contribution in [3.8, 4) is 17.0 Å². The molecule has 0 bridgehead atoms. The van der Waals surface area contributed by atoms with E-state index in [2.05, 4.69) is 15.3 Å². The number of benzene rings is 2. The van der Waals surface area contributed by atoms with E-state index in [4.69, 9.17) is 9.15 Å². The molecule has 7 nitrogen and oxygen atoms in total. The summed E-state index contributed by atoms with van der Waals surface area (Å²) in [5.41, 5.74) is 5.27. The van der Waals surface area contributed by atoms with Gasteiger partial charge in [0.25, 0.3) is 6.01 Å². The molecule has 2 aromatic carbocycles. The van der Waals surface area contributed by atoms with E-state index in [1.165, 1.54) is 0 Å². The van der Waals surface area contributed by atoms with Crippen LogP contribution >= 0.6 is 0 Å². The molecule has 0 aliphatic heterocycles. The summed E-state index contributed by atoms with van der Waals surface area (Å²) in [4.78, 5) is 19.2. The highest BCUT2D eigenvalue weighted by Crippen LogP contribution is 2.27.